The van der Waals surface area contributed by atoms with Gasteiger partial charge in [-0.25, -0.2) is 0 Å². The molecule has 0 bridgehead atoms. The van der Waals surface area contributed by atoms with Crippen molar-refractivity contribution in [3.05, 3.63) is 22.2 Å². The molecule has 0 aliphatic heterocycles. The summed E-state index contributed by atoms with van der Waals surface area (Å²) >= 11 is 3.59. The number of rotatable bonds is 3. The first kappa shape index (κ1) is 12.7. The standard InChI is InChI=1S/C13H18BrNO2/c1-16-9-5-6-10(17-2)12(14)11(9)13(15)7-3-4-8-13/h5-6H,3-4,7-8,15H2,1-2H3. The molecule has 1 aliphatic rings. The van der Waals surface area contributed by atoms with E-state index >= 15 is 0 Å². The van der Waals surface area contributed by atoms with E-state index in [1.165, 1.54) is 12.8 Å². The van der Waals surface area contributed by atoms with Crippen LogP contribution in [0, 0.1) is 0 Å². The Morgan fingerprint density at radius 3 is 2.18 bits per heavy atom. The molecule has 1 fully saturated rings. The number of halogens is 1. The average Bonchev–Trinajstić information content (AvgIpc) is 2.76. The minimum absolute atomic E-state index is 0.293. The molecule has 3 nitrogen and oxygen atoms in total. The predicted molar refractivity (Wildman–Crippen MR) is 71.6 cm³/mol. The van der Waals surface area contributed by atoms with Gasteiger partial charge in [0.1, 0.15) is 11.5 Å². The maximum absolute atomic E-state index is 6.52. The third-order valence-electron chi connectivity index (χ3n) is 3.50. The van der Waals surface area contributed by atoms with Crippen molar-refractivity contribution in [3.63, 3.8) is 0 Å². The van der Waals surface area contributed by atoms with Gasteiger partial charge in [0.2, 0.25) is 0 Å². The lowest BCUT2D eigenvalue weighted by Crippen LogP contribution is -2.34. The van der Waals surface area contributed by atoms with Gasteiger partial charge >= 0.3 is 0 Å². The van der Waals surface area contributed by atoms with Crippen molar-refractivity contribution >= 4 is 15.9 Å². The molecule has 4 heteroatoms. The van der Waals surface area contributed by atoms with E-state index in [0.717, 1.165) is 34.4 Å². The Hall–Kier alpha value is -0.740. The quantitative estimate of drug-likeness (QED) is 0.932. The summed E-state index contributed by atoms with van der Waals surface area (Å²) in [4.78, 5) is 0. The van der Waals surface area contributed by atoms with E-state index < -0.39 is 0 Å². The van der Waals surface area contributed by atoms with Crippen LogP contribution < -0.4 is 15.2 Å². The number of ether oxygens (including phenoxy) is 2. The summed E-state index contributed by atoms with van der Waals surface area (Å²) in [5.41, 5.74) is 7.26. The van der Waals surface area contributed by atoms with Gasteiger partial charge in [0.05, 0.1) is 18.7 Å². The second-order valence-corrected chi connectivity index (χ2v) is 5.32. The van der Waals surface area contributed by atoms with Crippen molar-refractivity contribution in [3.8, 4) is 11.5 Å². The largest absolute Gasteiger partial charge is 0.496 e. The first-order valence-electron chi connectivity index (χ1n) is 5.82. The number of hydrogen-bond donors (Lipinski definition) is 1. The van der Waals surface area contributed by atoms with E-state index in [2.05, 4.69) is 15.9 Å². The molecule has 1 saturated carbocycles. The Labute approximate surface area is 110 Å². The average molecular weight is 300 g/mol. The highest BCUT2D eigenvalue weighted by Gasteiger charge is 2.36. The van der Waals surface area contributed by atoms with Gasteiger partial charge in [-0.3, -0.25) is 0 Å². The molecule has 2 N–H and O–H groups in total. The smallest absolute Gasteiger partial charge is 0.133 e. The lowest BCUT2D eigenvalue weighted by molar-refractivity contribution is 0.369. The van der Waals surface area contributed by atoms with Gasteiger partial charge in [-0.15, -0.1) is 0 Å². The third kappa shape index (κ3) is 2.16. The minimum atomic E-state index is -0.293. The fourth-order valence-corrected chi connectivity index (χ4v) is 3.47. The normalized spacial score (nSPS) is 18.1. The van der Waals surface area contributed by atoms with Gasteiger partial charge in [0, 0.05) is 11.1 Å². The van der Waals surface area contributed by atoms with E-state index in [1.54, 1.807) is 14.2 Å². The van der Waals surface area contributed by atoms with E-state index in [9.17, 15) is 0 Å². The molecule has 0 unspecified atom stereocenters. The minimum Gasteiger partial charge on any atom is -0.496 e. The summed E-state index contributed by atoms with van der Waals surface area (Å²) in [5, 5.41) is 0. The van der Waals surface area contributed by atoms with Crippen LogP contribution >= 0.6 is 15.9 Å². The van der Waals surface area contributed by atoms with E-state index in [-0.39, 0.29) is 5.54 Å². The Kier molecular flexibility index (Phi) is 3.64. The molecular weight excluding hydrogens is 282 g/mol. The third-order valence-corrected chi connectivity index (χ3v) is 4.29. The molecule has 17 heavy (non-hydrogen) atoms. The molecule has 0 atom stereocenters. The zero-order valence-corrected chi connectivity index (χ0v) is 11.8. The Morgan fingerprint density at radius 2 is 1.65 bits per heavy atom. The summed E-state index contributed by atoms with van der Waals surface area (Å²) in [6, 6.07) is 3.82. The zero-order chi connectivity index (χ0) is 12.5. The van der Waals surface area contributed by atoms with Crippen LogP contribution in [-0.2, 0) is 5.54 Å². The molecule has 0 amide bonds. The topological polar surface area (TPSA) is 44.5 Å². The number of nitrogens with two attached hydrogens (primary N) is 1. The lowest BCUT2D eigenvalue weighted by atomic mass is 9.88. The van der Waals surface area contributed by atoms with Crippen molar-refractivity contribution in [2.24, 2.45) is 5.73 Å². The van der Waals surface area contributed by atoms with Crippen LogP contribution in [0.2, 0.25) is 0 Å². The van der Waals surface area contributed by atoms with Gasteiger partial charge in [-0.05, 0) is 40.9 Å². The molecule has 0 saturated heterocycles. The Bertz CT molecular complexity index is 414. The zero-order valence-electron chi connectivity index (χ0n) is 10.3. The maximum atomic E-state index is 6.52. The van der Waals surface area contributed by atoms with Gasteiger partial charge in [-0.2, -0.15) is 0 Å². The second-order valence-electron chi connectivity index (χ2n) is 4.52. The van der Waals surface area contributed by atoms with Crippen molar-refractivity contribution < 1.29 is 9.47 Å². The Morgan fingerprint density at radius 1 is 1.12 bits per heavy atom. The van der Waals surface area contributed by atoms with Crippen molar-refractivity contribution in [1.29, 1.82) is 0 Å². The molecule has 0 heterocycles. The maximum Gasteiger partial charge on any atom is 0.133 e. The van der Waals surface area contributed by atoms with E-state index in [1.807, 2.05) is 12.1 Å². The van der Waals surface area contributed by atoms with Gasteiger partial charge in [-0.1, -0.05) is 12.8 Å². The summed E-state index contributed by atoms with van der Waals surface area (Å²) in [7, 11) is 3.34. The van der Waals surface area contributed by atoms with Crippen molar-refractivity contribution in [1.82, 2.24) is 0 Å². The highest BCUT2D eigenvalue weighted by atomic mass is 79.9. The van der Waals surface area contributed by atoms with Crippen LogP contribution in [0.3, 0.4) is 0 Å². The summed E-state index contributed by atoms with van der Waals surface area (Å²) < 4.78 is 11.7. The van der Waals surface area contributed by atoms with Crippen LogP contribution in [0.25, 0.3) is 0 Å². The first-order valence-corrected chi connectivity index (χ1v) is 6.61. The fourth-order valence-electron chi connectivity index (χ4n) is 2.59. The molecule has 94 valence electrons. The summed E-state index contributed by atoms with van der Waals surface area (Å²) in [6.45, 7) is 0. The van der Waals surface area contributed by atoms with Crippen LogP contribution in [-0.4, -0.2) is 14.2 Å². The molecular formula is C13H18BrNO2. The van der Waals surface area contributed by atoms with Gasteiger partial charge in [0.25, 0.3) is 0 Å². The lowest BCUT2D eigenvalue weighted by Gasteiger charge is -2.28. The predicted octanol–water partition coefficient (Wildman–Crippen LogP) is 3.19. The van der Waals surface area contributed by atoms with Crippen molar-refractivity contribution in [2.75, 3.05) is 14.2 Å². The van der Waals surface area contributed by atoms with Crippen LogP contribution in [0.15, 0.2) is 16.6 Å². The summed E-state index contributed by atoms with van der Waals surface area (Å²) in [5.74, 6) is 1.64. The molecule has 1 aromatic rings. The van der Waals surface area contributed by atoms with E-state index in [0.29, 0.717) is 0 Å². The van der Waals surface area contributed by atoms with E-state index in [4.69, 9.17) is 15.2 Å². The van der Waals surface area contributed by atoms with Crippen LogP contribution in [0.4, 0.5) is 0 Å². The Balaban J connectivity index is 2.56. The second kappa shape index (κ2) is 4.86. The van der Waals surface area contributed by atoms with Gasteiger partial charge in [0.15, 0.2) is 0 Å². The fraction of sp³-hybridized carbons (Fsp3) is 0.538. The first-order chi connectivity index (χ1) is 8.12. The number of methoxy groups -OCH3 is 2. The highest BCUT2D eigenvalue weighted by Crippen LogP contribution is 2.46. The molecule has 0 spiro atoms. The van der Waals surface area contributed by atoms with Crippen molar-refractivity contribution in [2.45, 2.75) is 31.2 Å². The summed E-state index contributed by atoms with van der Waals surface area (Å²) in [6.07, 6.45) is 4.33. The van der Waals surface area contributed by atoms with Gasteiger partial charge < -0.3 is 15.2 Å². The SMILES string of the molecule is COc1ccc(OC)c(C2(N)CCCC2)c1Br. The van der Waals surface area contributed by atoms with Crippen LogP contribution in [0.5, 0.6) is 11.5 Å². The highest BCUT2D eigenvalue weighted by molar-refractivity contribution is 9.10. The number of benzene rings is 1. The van der Waals surface area contributed by atoms with Crippen LogP contribution in [0.1, 0.15) is 31.2 Å². The molecule has 0 radical (unpaired) electrons. The molecule has 1 aromatic carbocycles. The number of hydrogen-bond acceptors (Lipinski definition) is 3. The molecule has 0 aromatic heterocycles. The molecule has 2 rings (SSSR count). The molecule has 1 aliphatic carbocycles. The monoisotopic (exact) mass is 299 g/mol.